The highest BCUT2D eigenvalue weighted by Crippen LogP contribution is 2.30. The van der Waals surface area contributed by atoms with Crippen molar-refractivity contribution in [1.82, 2.24) is 5.32 Å². The Bertz CT molecular complexity index is 423. The number of ether oxygens (including phenoxy) is 2. The van der Waals surface area contributed by atoms with Gasteiger partial charge in [-0.2, -0.15) is 0 Å². The molecule has 1 amide bonds. The smallest absolute Gasteiger partial charge is 0.258 e. The van der Waals surface area contributed by atoms with Gasteiger partial charge in [-0.1, -0.05) is 26.0 Å². The first-order valence-corrected chi connectivity index (χ1v) is 6.68. The summed E-state index contributed by atoms with van der Waals surface area (Å²) in [6.45, 7) is 5.75. The molecule has 1 rings (SSSR count). The van der Waals surface area contributed by atoms with Gasteiger partial charge >= 0.3 is 0 Å². The molecule has 1 aromatic carbocycles. The maximum Gasteiger partial charge on any atom is 0.258 e. The molecular weight excluding hydrogens is 258 g/mol. The lowest BCUT2D eigenvalue weighted by Gasteiger charge is -2.18. The van der Waals surface area contributed by atoms with Crippen LogP contribution in [0.4, 0.5) is 0 Å². The lowest BCUT2D eigenvalue weighted by molar-refractivity contribution is -0.124. The van der Waals surface area contributed by atoms with Gasteiger partial charge in [0, 0.05) is 11.6 Å². The Kier molecular flexibility index (Phi) is 6.31. The molecule has 2 N–H and O–H groups in total. The van der Waals surface area contributed by atoms with Crippen molar-refractivity contribution in [2.45, 2.75) is 33.4 Å². The summed E-state index contributed by atoms with van der Waals surface area (Å²) in [5, 5.41) is 12.1. The Morgan fingerprint density at radius 3 is 2.60 bits per heavy atom. The highest BCUT2D eigenvalue weighted by molar-refractivity contribution is 5.78. The molecule has 1 atom stereocenters. The van der Waals surface area contributed by atoms with Gasteiger partial charge in [-0.15, -0.1) is 0 Å². The number of rotatable bonds is 7. The van der Waals surface area contributed by atoms with Crippen LogP contribution >= 0.6 is 0 Å². The van der Waals surface area contributed by atoms with Gasteiger partial charge in [-0.3, -0.25) is 4.79 Å². The van der Waals surface area contributed by atoms with Crippen LogP contribution in [0.15, 0.2) is 18.2 Å². The monoisotopic (exact) mass is 281 g/mol. The molecular formula is C15H23NO4. The molecule has 0 fully saturated rings. The van der Waals surface area contributed by atoms with Crippen molar-refractivity contribution in [2.24, 2.45) is 5.92 Å². The molecule has 1 aromatic rings. The van der Waals surface area contributed by atoms with E-state index in [2.05, 4.69) is 5.32 Å². The second-order valence-electron chi connectivity index (χ2n) is 5.00. The van der Waals surface area contributed by atoms with Gasteiger partial charge in [0.05, 0.1) is 13.7 Å². The summed E-state index contributed by atoms with van der Waals surface area (Å²) in [5.74, 6) is 1.07. The Labute approximate surface area is 119 Å². The van der Waals surface area contributed by atoms with Crippen molar-refractivity contribution in [1.29, 1.82) is 0 Å². The largest absolute Gasteiger partial charge is 0.493 e. The molecule has 1 unspecified atom stereocenters. The maximum absolute atomic E-state index is 11.8. The summed E-state index contributed by atoms with van der Waals surface area (Å²) in [5.41, 5.74) is 0.592. The predicted octanol–water partition coefficient (Wildman–Crippen LogP) is 1.73. The lowest BCUT2D eigenvalue weighted by atomic mass is 10.1. The summed E-state index contributed by atoms with van der Waals surface area (Å²) < 4.78 is 10.7. The van der Waals surface area contributed by atoms with Crippen LogP contribution in [0.25, 0.3) is 0 Å². The van der Waals surface area contributed by atoms with Crippen LogP contribution in [-0.4, -0.2) is 30.8 Å². The van der Waals surface area contributed by atoms with Gasteiger partial charge in [0.1, 0.15) is 0 Å². The third kappa shape index (κ3) is 4.42. The third-order valence-electron chi connectivity index (χ3n) is 3.19. The minimum Gasteiger partial charge on any atom is -0.493 e. The molecule has 0 heterocycles. The van der Waals surface area contributed by atoms with Gasteiger partial charge in [0.25, 0.3) is 5.91 Å². The molecule has 0 aliphatic heterocycles. The van der Waals surface area contributed by atoms with Crippen LogP contribution < -0.4 is 14.8 Å². The van der Waals surface area contributed by atoms with Crippen molar-refractivity contribution >= 4 is 5.91 Å². The molecule has 112 valence electrons. The number of methoxy groups -OCH3 is 1. The third-order valence-corrected chi connectivity index (χ3v) is 3.19. The topological polar surface area (TPSA) is 67.8 Å². The van der Waals surface area contributed by atoms with E-state index < -0.39 is 0 Å². The Balaban J connectivity index is 2.67. The summed E-state index contributed by atoms with van der Waals surface area (Å²) in [6.07, 6.45) is 0. The maximum atomic E-state index is 11.8. The first-order valence-electron chi connectivity index (χ1n) is 6.68. The fraction of sp³-hybridized carbons (Fsp3) is 0.533. The SMILES string of the molecule is COc1cccc(CO)c1OCC(=O)NC(C)C(C)C. The van der Waals surface area contributed by atoms with E-state index in [0.29, 0.717) is 23.0 Å². The molecule has 0 aliphatic carbocycles. The van der Waals surface area contributed by atoms with Crippen molar-refractivity contribution in [3.8, 4) is 11.5 Å². The zero-order valence-corrected chi connectivity index (χ0v) is 12.5. The molecule has 5 heteroatoms. The first-order chi connectivity index (χ1) is 9.49. The quantitative estimate of drug-likeness (QED) is 0.798. The fourth-order valence-corrected chi connectivity index (χ4v) is 1.61. The first kappa shape index (κ1) is 16.3. The van der Waals surface area contributed by atoms with E-state index in [0.717, 1.165) is 0 Å². The molecule has 0 bridgehead atoms. The number of hydrogen-bond donors (Lipinski definition) is 2. The Morgan fingerprint density at radius 1 is 1.35 bits per heavy atom. The number of para-hydroxylation sites is 1. The number of nitrogens with one attached hydrogen (secondary N) is 1. The van der Waals surface area contributed by atoms with Crippen LogP contribution in [-0.2, 0) is 11.4 Å². The van der Waals surface area contributed by atoms with Gasteiger partial charge in [-0.25, -0.2) is 0 Å². The average Bonchev–Trinajstić information content (AvgIpc) is 2.44. The molecule has 0 aliphatic rings. The molecule has 0 saturated heterocycles. The summed E-state index contributed by atoms with van der Waals surface area (Å²) in [6, 6.07) is 5.30. The number of amides is 1. The summed E-state index contributed by atoms with van der Waals surface area (Å²) >= 11 is 0. The molecule has 0 spiro atoms. The van der Waals surface area contributed by atoms with E-state index in [4.69, 9.17) is 9.47 Å². The van der Waals surface area contributed by atoms with Crippen molar-refractivity contribution in [3.63, 3.8) is 0 Å². The summed E-state index contributed by atoms with van der Waals surface area (Å²) in [4.78, 5) is 11.8. The number of aliphatic hydroxyl groups is 1. The van der Waals surface area contributed by atoms with Crippen molar-refractivity contribution in [3.05, 3.63) is 23.8 Å². The van der Waals surface area contributed by atoms with Gasteiger partial charge in [-0.05, 0) is 18.9 Å². The molecule has 0 aromatic heterocycles. The standard InChI is InChI=1S/C15H23NO4/c1-10(2)11(3)16-14(18)9-20-15-12(8-17)6-5-7-13(15)19-4/h5-7,10-11,17H,8-9H2,1-4H3,(H,16,18). The van der Waals surface area contributed by atoms with Crippen molar-refractivity contribution < 1.29 is 19.4 Å². The zero-order valence-electron chi connectivity index (χ0n) is 12.5. The van der Waals surface area contributed by atoms with E-state index >= 15 is 0 Å². The highest BCUT2D eigenvalue weighted by Gasteiger charge is 2.14. The van der Waals surface area contributed by atoms with Crippen LogP contribution in [0.1, 0.15) is 26.3 Å². The highest BCUT2D eigenvalue weighted by atomic mass is 16.5. The van der Waals surface area contributed by atoms with Crippen LogP contribution in [0.5, 0.6) is 11.5 Å². The number of carbonyl (C=O) groups excluding carboxylic acids is 1. The van der Waals surface area contributed by atoms with Gasteiger partial charge in [0.15, 0.2) is 18.1 Å². The summed E-state index contributed by atoms with van der Waals surface area (Å²) in [7, 11) is 1.52. The molecule has 0 saturated carbocycles. The Hall–Kier alpha value is -1.75. The normalized spacial score (nSPS) is 12.1. The average molecular weight is 281 g/mol. The zero-order chi connectivity index (χ0) is 15.1. The van der Waals surface area contributed by atoms with E-state index in [1.165, 1.54) is 7.11 Å². The number of benzene rings is 1. The van der Waals surface area contributed by atoms with E-state index in [1.54, 1.807) is 18.2 Å². The van der Waals surface area contributed by atoms with Gasteiger partial charge < -0.3 is 19.9 Å². The molecule has 0 radical (unpaired) electrons. The van der Waals surface area contributed by atoms with E-state index in [1.807, 2.05) is 20.8 Å². The Morgan fingerprint density at radius 2 is 2.05 bits per heavy atom. The minimum absolute atomic E-state index is 0.0843. The molecule has 5 nitrogen and oxygen atoms in total. The van der Waals surface area contributed by atoms with Crippen LogP contribution in [0.2, 0.25) is 0 Å². The van der Waals surface area contributed by atoms with Crippen molar-refractivity contribution in [2.75, 3.05) is 13.7 Å². The minimum atomic E-state index is -0.194. The van der Waals surface area contributed by atoms with E-state index in [9.17, 15) is 9.90 Å². The second-order valence-corrected chi connectivity index (χ2v) is 5.00. The predicted molar refractivity (Wildman–Crippen MR) is 76.9 cm³/mol. The van der Waals surface area contributed by atoms with Crippen LogP contribution in [0.3, 0.4) is 0 Å². The number of carbonyl (C=O) groups is 1. The number of aliphatic hydroxyl groups excluding tert-OH is 1. The second kappa shape index (κ2) is 7.75. The van der Waals surface area contributed by atoms with E-state index in [-0.39, 0.29) is 25.2 Å². The van der Waals surface area contributed by atoms with Gasteiger partial charge in [0.2, 0.25) is 0 Å². The number of hydrogen-bond acceptors (Lipinski definition) is 4. The fourth-order valence-electron chi connectivity index (χ4n) is 1.61. The van der Waals surface area contributed by atoms with Crippen LogP contribution in [0, 0.1) is 5.92 Å². The lowest BCUT2D eigenvalue weighted by Crippen LogP contribution is -2.39. The molecule has 20 heavy (non-hydrogen) atoms.